The number of phosphoric acid groups is 3. The predicted molar refractivity (Wildman–Crippen MR) is 109 cm³/mol. The second-order valence-corrected chi connectivity index (χ2v) is 11.0. The number of aromatic amines is 2. The van der Waals surface area contributed by atoms with Crippen molar-refractivity contribution in [2.45, 2.75) is 24.9 Å². The van der Waals surface area contributed by atoms with Crippen LogP contribution in [0.2, 0.25) is 0 Å². The molecule has 2 unspecified atom stereocenters. The van der Waals surface area contributed by atoms with Gasteiger partial charge in [-0.05, 0) is 5.53 Å². The minimum absolute atomic E-state index is 0.0335. The Morgan fingerprint density at radius 1 is 1.29 bits per heavy atom. The van der Waals surface area contributed by atoms with Crippen LogP contribution >= 0.6 is 23.5 Å². The van der Waals surface area contributed by atoms with Gasteiger partial charge in [0.1, 0.15) is 12.8 Å². The highest BCUT2D eigenvalue weighted by molar-refractivity contribution is 7.66. The van der Waals surface area contributed by atoms with E-state index in [0.29, 0.717) is 0 Å². The molecule has 2 aromatic rings. The number of rotatable bonds is 11. The van der Waals surface area contributed by atoms with Gasteiger partial charge in [0.15, 0.2) is 18.1 Å². The number of nitrogen functional groups attached to an aromatic ring is 1. The molecule has 1 aliphatic rings. The average molecular weight is 563 g/mol. The van der Waals surface area contributed by atoms with Crippen LogP contribution < -0.4 is 15.9 Å². The van der Waals surface area contributed by atoms with Gasteiger partial charge in [0.2, 0.25) is 0 Å². The van der Waals surface area contributed by atoms with Gasteiger partial charge < -0.3 is 39.8 Å². The molecule has 3 rings (SSSR count). The number of nitrogens with zero attached hydrogens (tertiary/aromatic N) is 5. The van der Waals surface area contributed by atoms with Crippen molar-refractivity contribution in [3.8, 4) is 0 Å². The monoisotopic (exact) mass is 563 g/mol. The summed E-state index contributed by atoms with van der Waals surface area (Å²) in [6.07, 6.45) is -2.00. The average Bonchev–Trinajstić information content (AvgIpc) is 3.32. The van der Waals surface area contributed by atoms with Gasteiger partial charge in [0.05, 0.1) is 12.7 Å². The zero-order valence-corrected chi connectivity index (χ0v) is 19.7. The van der Waals surface area contributed by atoms with Crippen LogP contribution in [0.1, 0.15) is 12.6 Å². The molecule has 0 amide bonds. The van der Waals surface area contributed by atoms with Gasteiger partial charge in [-0.25, -0.2) is 18.7 Å². The van der Waals surface area contributed by atoms with E-state index in [1.165, 1.54) is 10.9 Å². The standard InChI is InChI=1S/C11H17N8O13P3/c12-11-17-10(20)8-9(15-3-14-8)19(11)7-1-5(28-4-16-18-13)6(30-7)2-29-34(24,25)32-35(26,27)31-33(21,22)23/h3,5-7H,1-2,4H2,(H7,12,14,15,17,20,21,22,23,24,25,26,27)/p+1/t5-,6-,7-/m1/s1. The molecule has 0 saturated carbocycles. The number of fused-ring (bicyclic) bond motifs is 1. The van der Waals surface area contributed by atoms with Gasteiger partial charge in [-0.15, -0.1) is 4.98 Å². The summed E-state index contributed by atoms with van der Waals surface area (Å²) in [7, 11) is -16.7. The van der Waals surface area contributed by atoms with Crippen LogP contribution in [0.3, 0.4) is 0 Å². The molecule has 5 atom stereocenters. The van der Waals surface area contributed by atoms with Gasteiger partial charge in [0.25, 0.3) is 5.65 Å². The van der Waals surface area contributed by atoms with Crippen LogP contribution in [0, 0.1) is 0 Å². The first kappa shape index (κ1) is 27.4. The zero-order valence-electron chi connectivity index (χ0n) is 17.0. The highest BCUT2D eigenvalue weighted by atomic mass is 31.3. The van der Waals surface area contributed by atoms with E-state index in [9.17, 15) is 28.3 Å². The Labute approximate surface area is 192 Å². The number of anilines is 1. The topological polar surface area (TPSA) is 318 Å². The number of hydrogen-bond donors (Lipinski definition) is 7. The summed E-state index contributed by atoms with van der Waals surface area (Å²) in [5, 5.41) is 3.21. The second kappa shape index (κ2) is 10.4. The Kier molecular flexibility index (Phi) is 8.15. The molecule has 0 bridgehead atoms. The normalized spacial score (nSPS) is 24.1. The van der Waals surface area contributed by atoms with Gasteiger partial charge in [-0.1, -0.05) is 5.11 Å². The van der Waals surface area contributed by atoms with E-state index in [1.54, 1.807) is 0 Å². The molecule has 2 aromatic heterocycles. The molecular weight excluding hydrogens is 545 g/mol. The van der Waals surface area contributed by atoms with Crippen LogP contribution in [0.25, 0.3) is 21.6 Å². The van der Waals surface area contributed by atoms with Gasteiger partial charge in [-0.3, -0.25) is 9.32 Å². The van der Waals surface area contributed by atoms with E-state index in [0.717, 1.165) is 0 Å². The van der Waals surface area contributed by atoms with E-state index < -0.39 is 60.8 Å². The van der Waals surface area contributed by atoms with Crippen LogP contribution in [-0.4, -0.2) is 60.1 Å². The van der Waals surface area contributed by atoms with E-state index in [4.69, 9.17) is 30.5 Å². The third kappa shape index (κ3) is 7.16. The Morgan fingerprint density at radius 3 is 2.66 bits per heavy atom. The first-order valence-electron chi connectivity index (χ1n) is 9.04. The molecule has 1 fully saturated rings. The molecule has 0 radical (unpaired) electrons. The number of phosphoric ester groups is 1. The second-order valence-electron chi connectivity index (χ2n) is 6.63. The fourth-order valence-corrected chi connectivity index (χ4v) is 6.12. The number of hydrogen-bond acceptors (Lipinski definition) is 12. The Balaban J connectivity index is 1.79. The molecule has 0 spiro atoms. The van der Waals surface area contributed by atoms with Crippen molar-refractivity contribution in [2.24, 2.45) is 5.11 Å². The van der Waals surface area contributed by atoms with Crippen molar-refractivity contribution in [3.63, 3.8) is 0 Å². The molecule has 35 heavy (non-hydrogen) atoms. The van der Waals surface area contributed by atoms with Crippen molar-refractivity contribution in [1.29, 1.82) is 0 Å². The van der Waals surface area contributed by atoms with E-state index in [-0.39, 0.29) is 23.5 Å². The molecular formula is C11H18N8O13P3+. The maximum Gasteiger partial charge on any atom is 0.490 e. The smallest absolute Gasteiger partial charge is 0.369 e. The van der Waals surface area contributed by atoms with Gasteiger partial charge >= 0.3 is 35.0 Å². The predicted octanol–water partition coefficient (Wildman–Crippen LogP) is -0.595. The number of H-pyrrole nitrogens is 2. The highest BCUT2D eigenvalue weighted by Crippen LogP contribution is 2.66. The quantitative estimate of drug-likeness (QED) is 0.0590. The summed E-state index contributed by atoms with van der Waals surface area (Å²) in [4.78, 5) is 59.6. The third-order valence-corrected chi connectivity index (χ3v) is 8.07. The summed E-state index contributed by atoms with van der Waals surface area (Å²) in [5.74, 6) is -0.165. The number of ether oxygens (including phenoxy) is 2. The van der Waals surface area contributed by atoms with E-state index >= 15 is 0 Å². The first-order chi connectivity index (χ1) is 16.2. The number of aromatic nitrogens is 4. The Bertz CT molecular complexity index is 1330. The number of nitrogens with two attached hydrogens (primary N) is 1. The molecule has 0 aromatic carbocycles. The fourth-order valence-electron chi connectivity index (χ4n) is 3.09. The van der Waals surface area contributed by atoms with Crippen LogP contribution in [0.4, 0.5) is 5.95 Å². The third-order valence-electron chi connectivity index (χ3n) is 4.27. The van der Waals surface area contributed by atoms with E-state index in [1.807, 2.05) is 0 Å². The van der Waals surface area contributed by atoms with Crippen molar-refractivity contribution in [3.05, 3.63) is 27.1 Å². The summed E-state index contributed by atoms with van der Waals surface area (Å²) in [6, 6.07) is 0. The summed E-state index contributed by atoms with van der Waals surface area (Å²) in [6.45, 7) is -1.32. The van der Waals surface area contributed by atoms with Gasteiger partial charge in [0, 0.05) is 11.3 Å². The minimum Gasteiger partial charge on any atom is -0.369 e. The first-order valence-corrected chi connectivity index (χ1v) is 13.6. The molecule has 3 heterocycles. The fraction of sp³-hybridized carbons (Fsp3) is 0.545. The van der Waals surface area contributed by atoms with Gasteiger partial charge in [-0.2, -0.15) is 13.2 Å². The molecule has 0 aliphatic carbocycles. The zero-order chi connectivity index (χ0) is 26.0. The molecule has 21 nitrogen and oxygen atoms in total. The molecule has 8 N–H and O–H groups in total. The summed E-state index contributed by atoms with van der Waals surface area (Å²) >= 11 is 0. The van der Waals surface area contributed by atoms with Crippen molar-refractivity contribution in [1.82, 2.24) is 15.0 Å². The highest BCUT2D eigenvalue weighted by Gasteiger charge is 2.44. The maximum absolute atomic E-state index is 12.0. The largest absolute Gasteiger partial charge is 0.490 e. The Morgan fingerprint density at radius 2 is 2.00 bits per heavy atom. The molecule has 1 saturated heterocycles. The lowest BCUT2D eigenvalue weighted by molar-refractivity contribution is -0.728. The summed E-state index contributed by atoms with van der Waals surface area (Å²) < 4.78 is 58.5. The minimum atomic E-state index is -5.72. The van der Waals surface area contributed by atoms with Crippen molar-refractivity contribution >= 4 is 40.6 Å². The van der Waals surface area contributed by atoms with Crippen molar-refractivity contribution in [2.75, 3.05) is 19.1 Å². The Hall–Kier alpha value is -2.21. The lowest BCUT2D eigenvalue weighted by Gasteiger charge is -2.20. The number of azide groups is 1. The van der Waals surface area contributed by atoms with E-state index in [2.05, 4.69) is 38.1 Å². The van der Waals surface area contributed by atoms with Crippen molar-refractivity contribution < 1.29 is 60.5 Å². The SMILES string of the molecule is [N-]=[N+]=NCO[C@@H]1C[C@H]([n+]2c(N)[nH]c(=O)c3[nH]cnc32)O[C@@H]1COP(=O)(O)OP(=O)(O)OP(=O)(O)O. The molecule has 24 heteroatoms. The number of imidazole rings is 1. The molecule has 1 aliphatic heterocycles. The van der Waals surface area contributed by atoms with Crippen LogP contribution in [-0.2, 0) is 36.3 Å². The maximum atomic E-state index is 12.0. The lowest BCUT2D eigenvalue weighted by atomic mass is 10.2. The molecule has 194 valence electrons. The number of nitrogens with one attached hydrogen (secondary N) is 2. The summed E-state index contributed by atoms with van der Waals surface area (Å²) in [5.41, 5.74) is 13.9. The van der Waals surface area contributed by atoms with Crippen LogP contribution in [0.15, 0.2) is 16.2 Å². The van der Waals surface area contributed by atoms with Crippen LogP contribution in [0.5, 0.6) is 0 Å². The lowest BCUT2D eigenvalue weighted by Crippen LogP contribution is -2.46.